The molecule has 0 aliphatic carbocycles. The van der Waals surface area contributed by atoms with Crippen molar-refractivity contribution in [2.24, 2.45) is 0 Å². The van der Waals surface area contributed by atoms with Gasteiger partial charge in [0.15, 0.2) is 0 Å². The molecule has 0 N–H and O–H groups in total. The first-order valence-corrected chi connectivity index (χ1v) is 3.81. The van der Waals surface area contributed by atoms with Crippen LogP contribution in [0, 0.1) is 11.3 Å². The summed E-state index contributed by atoms with van der Waals surface area (Å²) in [7, 11) is 0. The molecule has 0 aromatic carbocycles. The molecule has 2 heterocycles. The van der Waals surface area contributed by atoms with Crippen LogP contribution < -0.4 is 24.0 Å². The van der Waals surface area contributed by atoms with Gasteiger partial charge < -0.3 is 9.90 Å². The number of hydrogen-bond donors (Lipinski definition) is 0. The van der Waals surface area contributed by atoms with Crippen LogP contribution in [0.2, 0.25) is 0 Å². The van der Waals surface area contributed by atoms with Crippen LogP contribution in [0.15, 0.2) is 24.5 Å². The van der Waals surface area contributed by atoms with Gasteiger partial charge in [-0.1, -0.05) is 0 Å². The Morgan fingerprint density at radius 3 is 2.87 bits per heavy atom. The summed E-state index contributed by atoms with van der Waals surface area (Å²) in [6, 6.07) is 5.06. The first-order valence-electron chi connectivity index (χ1n) is 3.81. The number of fused-ring (bicyclic) bond motifs is 1. The number of nitrogens with zero attached hydrogens (tertiary/aromatic N) is 3. The normalized spacial score (nSPS) is 9.27. The predicted octanol–water partition coefficient (Wildman–Crippen LogP) is -3.43. The molecule has 0 spiro atoms. The molecule has 5 nitrogen and oxygen atoms in total. The summed E-state index contributed by atoms with van der Waals surface area (Å²) in [6.45, 7) is 0. The number of carbonyl (C=O) groups excluding carboxylic acids is 1. The smallest absolute Gasteiger partial charge is 0.543 e. The minimum Gasteiger partial charge on any atom is -0.543 e. The van der Waals surface area contributed by atoms with Gasteiger partial charge in [0.2, 0.25) is 0 Å². The van der Waals surface area contributed by atoms with E-state index < -0.39 is 5.97 Å². The van der Waals surface area contributed by atoms with E-state index in [1.54, 1.807) is 12.1 Å². The van der Waals surface area contributed by atoms with Crippen LogP contribution in [0.4, 0.5) is 0 Å². The third-order valence-corrected chi connectivity index (χ3v) is 1.84. The maximum atomic E-state index is 10.6. The Bertz CT molecular complexity index is 556. The molecule has 0 fully saturated rings. The van der Waals surface area contributed by atoms with Gasteiger partial charge in [0, 0.05) is 6.20 Å². The fraction of sp³-hybridized carbons (Fsp3) is 0. The number of rotatable bonds is 1. The van der Waals surface area contributed by atoms with Crippen molar-refractivity contribution in [2.45, 2.75) is 0 Å². The van der Waals surface area contributed by atoms with Gasteiger partial charge in [-0.25, -0.2) is 4.98 Å². The number of pyridine rings is 1. The van der Waals surface area contributed by atoms with Crippen molar-refractivity contribution >= 4 is 11.6 Å². The van der Waals surface area contributed by atoms with Crippen molar-refractivity contribution in [3.8, 4) is 6.07 Å². The van der Waals surface area contributed by atoms with E-state index in [1.807, 2.05) is 6.07 Å². The maximum Gasteiger partial charge on any atom is 1.00 e. The van der Waals surface area contributed by atoms with Crippen LogP contribution in [0.1, 0.15) is 16.1 Å². The minimum atomic E-state index is -1.31. The number of aromatic carboxylic acids is 1. The second-order valence-corrected chi connectivity index (χ2v) is 2.69. The summed E-state index contributed by atoms with van der Waals surface area (Å²) in [5.41, 5.74) is 0.790. The van der Waals surface area contributed by atoms with Gasteiger partial charge in [-0.15, -0.1) is 0 Å². The van der Waals surface area contributed by atoms with E-state index in [1.165, 1.54) is 16.8 Å². The molecule has 0 aliphatic heterocycles. The molecule has 0 amide bonds. The first kappa shape index (κ1) is 11.3. The van der Waals surface area contributed by atoms with Gasteiger partial charge in [-0.05, 0) is 12.1 Å². The molecule has 6 heteroatoms. The van der Waals surface area contributed by atoms with E-state index in [4.69, 9.17) is 5.26 Å². The van der Waals surface area contributed by atoms with Gasteiger partial charge in [-0.2, -0.15) is 5.26 Å². The third-order valence-electron chi connectivity index (χ3n) is 1.84. The number of carbonyl (C=O) groups is 1. The molecule has 2 rings (SSSR count). The Morgan fingerprint density at radius 2 is 2.27 bits per heavy atom. The Morgan fingerprint density at radius 1 is 1.53 bits per heavy atom. The topological polar surface area (TPSA) is 81.2 Å². The second-order valence-electron chi connectivity index (χ2n) is 2.69. The second kappa shape index (κ2) is 4.18. The van der Waals surface area contributed by atoms with Crippen LogP contribution in [-0.2, 0) is 0 Å². The van der Waals surface area contributed by atoms with E-state index in [2.05, 4.69) is 4.98 Å². The number of carboxylic acids is 1. The Labute approximate surface area is 97.1 Å². The zero-order valence-electron chi connectivity index (χ0n) is 7.97. The van der Waals surface area contributed by atoms with Crippen molar-refractivity contribution in [1.82, 2.24) is 9.38 Å². The molecule has 2 aromatic rings. The molecule has 0 unspecified atom stereocenters. The average Bonchev–Trinajstić information content (AvgIpc) is 2.59. The zero-order valence-corrected chi connectivity index (χ0v) is 7.97. The van der Waals surface area contributed by atoms with Crippen LogP contribution in [0.3, 0.4) is 0 Å². The quantitative estimate of drug-likeness (QED) is 0.441. The molecule has 2 aromatic heterocycles. The number of carboxylic acid groups (broad SMARTS) is 1. The summed E-state index contributed by atoms with van der Waals surface area (Å²) < 4.78 is 1.31. The van der Waals surface area contributed by atoms with Crippen LogP contribution in [0.25, 0.3) is 5.65 Å². The fourth-order valence-electron chi connectivity index (χ4n) is 1.20. The molecule has 0 saturated heterocycles. The number of aromatic nitrogens is 2. The summed E-state index contributed by atoms with van der Waals surface area (Å²) in [5, 5.41) is 19.2. The molecular weight excluding hydrogens is 189 g/mol. The SMILES string of the molecule is N#Cc1ccc2ncc(C(=O)[O-])n2c1.[Li+]. The Balaban J connectivity index is 0.00000112. The first-order chi connectivity index (χ1) is 6.72. The van der Waals surface area contributed by atoms with Crippen LogP contribution in [0.5, 0.6) is 0 Å². The van der Waals surface area contributed by atoms with E-state index in [9.17, 15) is 9.90 Å². The molecule has 15 heavy (non-hydrogen) atoms. The van der Waals surface area contributed by atoms with Gasteiger partial charge in [-0.3, -0.25) is 4.40 Å². The van der Waals surface area contributed by atoms with Crippen LogP contribution >= 0.6 is 0 Å². The minimum absolute atomic E-state index is 0. The molecule has 0 radical (unpaired) electrons. The zero-order chi connectivity index (χ0) is 10.1. The fourth-order valence-corrected chi connectivity index (χ4v) is 1.20. The van der Waals surface area contributed by atoms with E-state index in [0.29, 0.717) is 11.2 Å². The Kier molecular flexibility index (Phi) is 3.16. The summed E-state index contributed by atoms with van der Waals surface area (Å²) in [4.78, 5) is 14.5. The molecule has 0 saturated carbocycles. The van der Waals surface area contributed by atoms with Gasteiger partial charge in [0.25, 0.3) is 0 Å². The average molecular weight is 193 g/mol. The van der Waals surface area contributed by atoms with Gasteiger partial charge in [0.05, 0.1) is 23.4 Å². The molecular formula is C9H4LiN3O2. The molecule has 0 atom stereocenters. The Hall–Kier alpha value is -1.75. The van der Waals surface area contributed by atoms with Crippen molar-refractivity contribution in [2.75, 3.05) is 0 Å². The number of nitriles is 1. The monoisotopic (exact) mass is 193 g/mol. The summed E-state index contributed by atoms with van der Waals surface area (Å²) in [5.74, 6) is -1.31. The van der Waals surface area contributed by atoms with Crippen molar-refractivity contribution in [1.29, 1.82) is 5.26 Å². The standard InChI is InChI=1S/C9H5N3O2.Li/c10-3-6-1-2-8-11-4-7(9(13)14)12(8)5-6;/h1-2,4-5H,(H,13,14);/q;+1/p-1. The largest absolute Gasteiger partial charge is 1.00 e. The third kappa shape index (κ3) is 1.87. The molecule has 0 bridgehead atoms. The predicted molar refractivity (Wildman–Crippen MR) is 44.2 cm³/mol. The summed E-state index contributed by atoms with van der Waals surface area (Å²) >= 11 is 0. The van der Waals surface area contributed by atoms with Crippen molar-refractivity contribution in [3.63, 3.8) is 0 Å². The van der Waals surface area contributed by atoms with Gasteiger partial charge in [0.1, 0.15) is 11.7 Å². The maximum absolute atomic E-state index is 10.6. The van der Waals surface area contributed by atoms with Crippen LogP contribution in [-0.4, -0.2) is 15.4 Å². The van der Waals surface area contributed by atoms with Crippen molar-refractivity contribution < 1.29 is 28.8 Å². The van der Waals surface area contributed by atoms with Crippen molar-refractivity contribution in [3.05, 3.63) is 35.8 Å². The van der Waals surface area contributed by atoms with E-state index in [0.717, 1.165) is 0 Å². The van der Waals surface area contributed by atoms with E-state index >= 15 is 0 Å². The summed E-state index contributed by atoms with van der Waals surface area (Å²) in [6.07, 6.45) is 2.61. The molecule has 68 valence electrons. The molecule has 0 aliphatic rings. The number of imidazole rings is 1. The number of hydrogen-bond acceptors (Lipinski definition) is 4. The van der Waals surface area contributed by atoms with E-state index in [-0.39, 0.29) is 24.6 Å². The van der Waals surface area contributed by atoms with Gasteiger partial charge >= 0.3 is 18.9 Å².